The summed E-state index contributed by atoms with van der Waals surface area (Å²) in [5.41, 5.74) is 3.12. The number of hydrogen-bond acceptors (Lipinski definition) is 3. The third-order valence-electron chi connectivity index (χ3n) is 4.49. The second kappa shape index (κ2) is 7.16. The highest BCUT2D eigenvalue weighted by Crippen LogP contribution is 2.33. The predicted molar refractivity (Wildman–Crippen MR) is 99.9 cm³/mol. The maximum absolute atomic E-state index is 13.0. The molecule has 1 aliphatic rings. The summed E-state index contributed by atoms with van der Waals surface area (Å²) in [6.07, 6.45) is 1.48. The summed E-state index contributed by atoms with van der Waals surface area (Å²) in [6.45, 7) is 6.39. The van der Waals surface area contributed by atoms with Crippen molar-refractivity contribution in [3.63, 3.8) is 0 Å². The zero-order chi connectivity index (χ0) is 18.1. The number of ketones is 1. The third-order valence-corrected chi connectivity index (χ3v) is 4.98. The molecule has 0 bridgehead atoms. The van der Waals surface area contributed by atoms with E-state index in [0.717, 1.165) is 35.1 Å². The molecule has 0 spiro atoms. The van der Waals surface area contributed by atoms with Crippen LogP contribution in [0.3, 0.4) is 0 Å². The highest BCUT2D eigenvalue weighted by Gasteiger charge is 2.32. The number of aromatic nitrogens is 1. The molecule has 1 aliphatic heterocycles. The van der Waals surface area contributed by atoms with Crippen LogP contribution in [0.2, 0.25) is 0 Å². The Morgan fingerprint density at radius 1 is 1.28 bits per heavy atom. The van der Waals surface area contributed by atoms with E-state index < -0.39 is 0 Å². The summed E-state index contributed by atoms with van der Waals surface area (Å²) < 4.78 is 8.30. The van der Waals surface area contributed by atoms with Crippen LogP contribution in [0.4, 0.5) is 0 Å². The molecule has 0 amide bonds. The number of aryl methyl sites for hydroxylation is 1. The first-order valence-electron chi connectivity index (χ1n) is 8.59. The number of fused-ring (bicyclic) bond motifs is 1. The van der Waals surface area contributed by atoms with Crippen molar-refractivity contribution in [1.82, 2.24) is 4.57 Å². The quantitative estimate of drug-likeness (QED) is 0.552. The van der Waals surface area contributed by atoms with Gasteiger partial charge in [0.05, 0.1) is 17.7 Å². The molecule has 5 heteroatoms. The molecule has 4 nitrogen and oxygen atoms in total. The molecule has 0 aliphatic carbocycles. The Morgan fingerprint density at radius 3 is 2.72 bits per heavy atom. The van der Waals surface area contributed by atoms with E-state index in [4.69, 9.17) is 4.74 Å². The molecule has 1 aromatic heterocycles. The van der Waals surface area contributed by atoms with Gasteiger partial charge in [-0.05, 0) is 57.4 Å². The Morgan fingerprint density at radius 2 is 2.04 bits per heavy atom. The second-order valence-corrected chi connectivity index (χ2v) is 7.69. The Hall–Kier alpha value is -1.88. The highest BCUT2D eigenvalue weighted by molar-refractivity contribution is 9.10. The van der Waals surface area contributed by atoms with Crippen molar-refractivity contribution in [2.24, 2.45) is 0 Å². The molecule has 3 rings (SSSR count). The Balaban J connectivity index is 2.00. The molecule has 132 valence electrons. The van der Waals surface area contributed by atoms with E-state index in [2.05, 4.69) is 15.9 Å². The molecule has 2 heterocycles. The van der Waals surface area contributed by atoms with Gasteiger partial charge in [0, 0.05) is 22.3 Å². The lowest BCUT2D eigenvalue weighted by Crippen LogP contribution is -2.27. The fourth-order valence-corrected chi connectivity index (χ4v) is 3.86. The molecule has 25 heavy (non-hydrogen) atoms. The summed E-state index contributed by atoms with van der Waals surface area (Å²) in [7, 11) is 0. The first-order chi connectivity index (χ1) is 11.9. The van der Waals surface area contributed by atoms with Crippen LogP contribution < -0.4 is 0 Å². The molecule has 0 N–H and O–H groups in total. The first kappa shape index (κ1) is 17.9. The van der Waals surface area contributed by atoms with Crippen LogP contribution in [0.25, 0.3) is 0 Å². The number of hydrogen-bond donors (Lipinski definition) is 0. The number of nitrogens with zero attached hydrogens (tertiary/aromatic N) is 1. The van der Waals surface area contributed by atoms with Gasteiger partial charge in [-0.1, -0.05) is 28.1 Å². The van der Waals surface area contributed by atoms with Gasteiger partial charge < -0.3 is 9.30 Å². The van der Waals surface area contributed by atoms with Gasteiger partial charge >= 0.3 is 5.97 Å². The molecule has 0 saturated carbocycles. The molecular weight excluding hydrogens is 382 g/mol. The van der Waals surface area contributed by atoms with Gasteiger partial charge in [-0.15, -0.1) is 0 Å². The van der Waals surface area contributed by atoms with Crippen LogP contribution in [0, 0.1) is 6.92 Å². The van der Waals surface area contributed by atoms with E-state index in [9.17, 15) is 9.59 Å². The maximum atomic E-state index is 13.0. The SMILES string of the molecule is Cc1cc2n(c1C(=O)c1cccc(Br)c1)CCCC2C(=O)OC(C)C. The highest BCUT2D eigenvalue weighted by atomic mass is 79.9. The monoisotopic (exact) mass is 403 g/mol. The van der Waals surface area contributed by atoms with E-state index in [0.29, 0.717) is 11.3 Å². The number of ether oxygens (including phenoxy) is 1. The summed E-state index contributed by atoms with van der Waals surface area (Å²) in [4.78, 5) is 25.5. The molecule has 0 radical (unpaired) electrons. The number of carbonyl (C=O) groups excluding carboxylic acids is 2. The minimum atomic E-state index is -0.293. The van der Waals surface area contributed by atoms with Crippen molar-refractivity contribution in [1.29, 1.82) is 0 Å². The van der Waals surface area contributed by atoms with Crippen molar-refractivity contribution in [2.45, 2.75) is 52.2 Å². The Bertz CT molecular complexity index is 822. The van der Waals surface area contributed by atoms with Crippen molar-refractivity contribution >= 4 is 27.7 Å². The lowest BCUT2D eigenvalue weighted by atomic mass is 9.96. The summed E-state index contributed by atoms with van der Waals surface area (Å²) in [5, 5.41) is 0. The van der Waals surface area contributed by atoms with Gasteiger partial charge in [-0.2, -0.15) is 0 Å². The summed E-state index contributed by atoms with van der Waals surface area (Å²) >= 11 is 3.42. The predicted octanol–water partition coefficient (Wildman–Crippen LogP) is 4.62. The summed E-state index contributed by atoms with van der Waals surface area (Å²) in [5.74, 6) is -0.503. The van der Waals surface area contributed by atoms with Crippen molar-refractivity contribution in [3.05, 3.63) is 57.3 Å². The van der Waals surface area contributed by atoms with Gasteiger partial charge in [-0.25, -0.2) is 0 Å². The second-order valence-electron chi connectivity index (χ2n) is 6.77. The molecule has 1 atom stereocenters. The van der Waals surface area contributed by atoms with Crippen LogP contribution in [-0.4, -0.2) is 22.4 Å². The standard InChI is InChI=1S/C20H22BrNO3/c1-12(2)25-20(24)16-8-5-9-22-17(16)10-13(3)18(22)19(23)14-6-4-7-15(21)11-14/h4,6-7,10-12,16H,5,8-9H2,1-3H3. The number of halogens is 1. The van der Waals surface area contributed by atoms with E-state index in [1.54, 1.807) is 0 Å². The normalized spacial score (nSPS) is 16.6. The van der Waals surface area contributed by atoms with Gasteiger partial charge in [0.25, 0.3) is 0 Å². The Labute approximate surface area is 156 Å². The van der Waals surface area contributed by atoms with E-state index >= 15 is 0 Å². The lowest BCUT2D eigenvalue weighted by Gasteiger charge is -2.25. The third kappa shape index (κ3) is 3.56. The topological polar surface area (TPSA) is 48.3 Å². The molecule has 0 saturated heterocycles. The largest absolute Gasteiger partial charge is 0.462 e. The maximum Gasteiger partial charge on any atom is 0.315 e. The Kier molecular flexibility index (Phi) is 5.13. The molecular formula is C20H22BrNO3. The average Bonchev–Trinajstić information content (AvgIpc) is 2.89. The number of benzene rings is 1. The van der Waals surface area contributed by atoms with Gasteiger partial charge in [0.1, 0.15) is 0 Å². The van der Waals surface area contributed by atoms with Crippen LogP contribution in [0.5, 0.6) is 0 Å². The number of carbonyl (C=O) groups is 2. The molecule has 1 unspecified atom stereocenters. The van der Waals surface area contributed by atoms with Crippen molar-refractivity contribution in [2.75, 3.05) is 0 Å². The van der Waals surface area contributed by atoms with Crippen LogP contribution in [-0.2, 0) is 16.1 Å². The fourth-order valence-electron chi connectivity index (χ4n) is 3.46. The number of esters is 1. The van der Waals surface area contributed by atoms with Crippen LogP contribution >= 0.6 is 15.9 Å². The van der Waals surface area contributed by atoms with E-state index in [1.807, 2.05) is 55.7 Å². The van der Waals surface area contributed by atoms with E-state index in [-0.39, 0.29) is 23.8 Å². The number of rotatable bonds is 4. The molecule has 1 aromatic carbocycles. The van der Waals surface area contributed by atoms with Crippen LogP contribution in [0.1, 0.15) is 59.9 Å². The van der Waals surface area contributed by atoms with E-state index in [1.165, 1.54) is 0 Å². The molecule has 2 aromatic rings. The van der Waals surface area contributed by atoms with Gasteiger partial charge in [0.15, 0.2) is 0 Å². The zero-order valence-corrected chi connectivity index (χ0v) is 16.3. The minimum absolute atomic E-state index is 0.0112. The lowest BCUT2D eigenvalue weighted by molar-refractivity contribution is -0.149. The summed E-state index contributed by atoms with van der Waals surface area (Å²) in [6, 6.07) is 9.37. The smallest absolute Gasteiger partial charge is 0.315 e. The van der Waals surface area contributed by atoms with Gasteiger partial charge in [0.2, 0.25) is 5.78 Å². The zero-order valence-electron chi connectivity index (χ0n) is 14.7. The minimum Gasteiger partial charge on any atom is -0.462 e. The molecule has 0 fully saturated rings. The van der Waals surface area contributed by atoms with Crippen molar-refractivity contribution < 1.29 is 14.3 Å². The van der Waals surface area contributed by atoms with Crippen molar-refractivity contribution in [3.8, 4) is 0 Å². The van der Waals surface area contributed by atoms with Crippen LogP contribution in [0.15, 0.2) is 34.8 Å². The fraction of sp³-hybridized carbons (Fsp3) is 0.400. The average molecular weight is 404 g/mol. The first-order valence-corrected chi connectivity index (χ1v) is 9.38. The van der Waals surface area contributed by atoms with Gasteiger partial charge in [-0.3, -0.25) is 9.59 Å².